The summed E-state index contributed by atoms with van der Waals surface area (Å²) in [6.45, 7) is 0. The molecular weight excluding hydrogens is 599 g/mol. The van der Waals surface area contributed by atoms with Gasteiger partial charge in [0.15, 0.2) is 17.5 Å². The number of hydrogen-bond acceptors (Lipinski definition) is 4. The Labute approximate surface area is 283 Å². The van der Waals surface area contributed by atoms with E-state index < -0.39 is 0 Å². The minimum atomic E-state index is 0.639. The molecule has 6 aromatic carbocycles. The summed E-state index contributed by atoms with van der Waals surface area (Å²) in [5.74, 6) is 1.94. The van der Waals surface area contributed by atoms with E-state index in [0.29, 0.717) is 17.5 Å². The van der Waals surface area contributed by atoms with Crippen LogP contribution in [0.15, 0.2) is 176 Å². The van der Waals surface area contributed by atoms with Crippen molar-refractivity contribution in [2.75, 3.05) is 0 Å². The second-order valence-electron chi connectivity index (χ2n) is 12.0. The number of benzene rings is 6. The Bertz CT molecular complexity index is 2500. The molecule has 0 N–H and O–H groups in total. The molecule has 3 aromatic heterocycles. The number of rotatable bonds is 6. The van der Waals surface area contributed by atoms with Gasteiger partial charge in [-0.15, -0.1) is 0 Å². The minimum absolute atomic E-state index is 0.639. The van der Waals surface area contributed by atoms with Gasteiger partial charge in [0.25, 0.3) is 0 Å². The van der Waals surface area contributed by atoms with Gasteiger partial charge in [-0.05, 0) is 34.7 Å². The van der Waals surface area contributed by atoms with Crippen molar-refractivity contribution in [1.29, 1.82) is 0 Å². The average molecular weight is 628 g/mol. The van der Waals surface area contributed by atoms with Crippen molar-refractivity contribution in [2.24, 2.45) is 0 Å². The molecule has 9 rings (SSSR count). The summed E-state index contributed by atoms with van der Waals surface area (Å²) in [4.78, 5) is 14.6. The maximum absolute atomic E-state index is 5.11. The highest BCUT2D eigenvalue weighted by molar-refractivity contribution is 6.01. The van der Waals surface area contributed by atoms with Gasteiger partial charge in [0.2, 0.25) is 0 Å². The lowest BCUT2D eigenvalue weighted by Gasteiger charge is -2.11. The van der Waals surface area contributed by atoms with Crippen LogP contribution in [0.5, 0.6) is 0 Å². The van der Waals surface area contributed by atoms with Crippen molar-refractivity contribution in [2.45, 2.75) is 0 Å². The van der Waals surface area contributed by atoms with Crippen LogP contribution in [-0.2, 0) is 0 Å². The SMILES string of the molecule is c1ccc(-c2cc3c4cc(-c5ccc(-c6nc(-c7ccccc7)nc(-c7ccccc7)n6)cc5)ccc4cc(-c4ccccc4)n3n2)cc1. The highest BCUT2D eigenvalue weighted by atomic mass is 15.2. The summed E-state index contributed by atoms with van der Waals surface area (Å²) >= 11 is 0. The lowest BCUT2D eigenvalue weighted by molar-refractivity contribution is 0.979. The Morgan fingerprint density at radius 3 is 1.35 bits per heavy atom. The maximum Gasteiger partial charge on any atom is 0.164 e. The van der Waals surface area contributed by atoms with Crippen LogP contribution in [0.2, 0.25) is 0 Å². The van der Waals surface area contributed by atoms with Crippen LogP contribution >= 0.6 is 0 Å². The maximum atomic E-state index is 5.11. The van der Waals surface area contributed by atoms with Crippen molar-refractivity contribution in [3.63, 3.8) is 0 Å². The summed E-state index contributed by atoms with van der Waals surface area (Å²) < 4.78 is 2.09. The fraction of sp³-hybridized carbons (Fsp3) is 0. The van der Waals surface area contributed by atoms with E-state index in [1.165, 1.54) is 5.39 Å². The van der Waals surface area contributed by atoms with E-state index in [1.807, 2.05) is 72.8 Å². The molecule has 0 amide bonds. The number of aromatic nitrogens is 5. The molecule has 0 saturated heterocycles. The van der Waals surface area contributed by atoms with Crippen molar-refractivity contribution in [3.05, 3.63) is 176 Å². The predicted molar refractivity (Wildman–Crippen MR) is 199 cm³/mol. The fourth-order valence-electron chi connectivity index (χ4n) is 6.36. The molecule has 3 heterocycles. The molecule has 5 heteroatoms. The van der Waals surface area contributed by atoms with Gasteiger partial charge in [-0.3, -0.25) is 0 Å². The van der Waals surface area contributed by atoms with E-state index in [4.69, 9.17) is 20.1 Å². The quantitative estimate of drug-likeness (QED) is 0.184. The van der Waals surface area contributed by atoms with Crippen molar-refractivity contribution in [3.8, 4) is 67.8 Å². The number of nitrogens with zero attached hydrogens (tertiary/aromatic N) is 5. The standard InChI is InChI=1S/C44H29N5/c1-5-13-31(14-6-1)39-29-41-38-27-36(25-26-37(38)28-40(49(41)48-39)32-15-7-2-8-16-32)30-21-23-35(24-22-30)44-46-42(33-17-9-3-10-18-33)45-43(47-44)34-19-11-4-12-20-34/h1-29H. The Morgan fingerprint density at radius 2 is 0.796 bits per heavy atom. The van der Waals surface area contributed by atoms with Gasteiger partial charge < -0.3 is 0 Å². The molecule has 0 unspecified atom stereocenters. The molecule has 0 fully saturated rings. The molecule has 0 bridgehead atoms. The normalized spacial score (nSPS) is 11.3. The molecule has 49 heavy (non-hydrogen) atoms. The third-order valence-corrected chi connectivity index (χ3v) is 8.87. The second kappa shape index (κ2) is 12.1. The summed E-state index contributed by atoms with van der Waals surface area (Å²) in [5.41, 5.74) is 10.4. The van der Waals surface area contributed by atoms with Crippen LogP contribution in [0.25, 0.3) is 84.1 Å². The highest BCUT2D eigenvalue weighted by Crippen LogP contribution is 2.34. The topological polar surface area (TPSA) is 56.0 Å². The smallest absolute Gasteiger partial charge is 0.164 e. The first-order chi connectivity index (χ1) is 24.3. The van der Waals surface area contributed by atoms with Crippen LogP contribution in [0.4, 0.5) is 0 Å². The van der Waals surface area contributed by atoms with Crippen LogP contribution in [0.1, 0.15) is 0 Å². The summed E-state index contributed by atoms with van der Waals surface area (Å²) in [7, 11) is 0. The molecule has 0 spiro atoms. The molecule has 0 atom stereocenters. The van der Waals surface area contributed by atoms with Crippen LogP contribution in [0.3, 0.4) is 0 Å². The number of fused-ring (bicyclic) bond motifs is 3. The van der Waals surface area contributed by atoms with Gasteiger partial charge in [-0.2, -0.15) is 5.10 Å². The third-order valence-electron chi connectivity index (χ3n) is 8.87. The molecule has 0 aliphatic carbocycles. The molecule has 0 aliphatic heterocycles. The predicted octanol–water partition coefficient (Wildman–Crippen LogP) is 10.7. The van der Waals surface area contributed by atoms with Crippen molar-refractivity contribution in [1.82, 2.24) is 24.6 Å². The van der Waals surface area contributed by atoms with Gasteiger partial charge in [-0.1, -0.05) is 158 Å². The zero-order valence-electron chi connectivity index (χ0n) is 26.5. The second-order valence-corrected chi connectivity index (χ2v) is 12.0. The summed E-state index contributed by atoms with van der Waals surface area (Å²) in [5, 5.41) is 7.42. The Hall–Kier alpha value is -6.72. The van der Waals surface area contributed by atoms with Crippen LogP contribution in [-0.4, -0.2) is 24.6 Å². The minimum Gasteiger partial charge on any atom is -0.232 e. The van der Waals surface area contributed by atoms with Crippen molar-refractivity contribution < 1.29 is 0 Å². The van der Waals surface area contributed by atoms with E-state index in [2.05, 4.69) is 108 Å². The lowest BCUT2D eigenvalue weighted by Crippen LogP contribution is -2.00. The molecule has 5 nitrogen and oxygen atoms in total. The van der Waals surface area contributed by atoms with Crippen molar-refractivity contribution >= 4 is 16.3 Å². The van der Waals surface area contributed by atoms with Gasteiger partial charge in [0.1, 0.15) is 0 Å². The summed E-state index contributed by atoms with van der Waals surface area (Å²) in [6.07, 6.45) is 0. The monoisotopic (exact) mass is 627 g/mol. The van der Waals surface area contributed by atoms with Crippen LogP contribution in [0, 0.1) is 0 Å². The molecule has 0 radical (unpaired) electrons. The first kappa shape index (κ1) is 28.5. The molecule has 0 aliphatic rings. The van der Waals surface area contributed by atoms with Gasteiger partial charge in [-0.25, -0.2) is 19.5 Å². The summed E-state index contributed by atoms with van der Waals surface area (Å²) in [6, 6.07) is 60.5. The van der Waals surface area contributed by atoms with E-state index in [9.17, 15) is 0 Å². The zero-order valence-corrected chi connectivity index (χ0v) is 26.5. The molecule has 230 valence electrons. The van der Waals surface area contributed by atoms with E-state index in [0.717, 1.165) is 61.2 Å². The number of hydrogen-bond donors (Lipinski definition) is 0. The van der Waals surface area contributed by atoms with Crippen LogP contribution < -0.4 is 0 Å². The van der Waals surface area contributed by atoms with Gasteiger partial charge in [0.05, 0.1) is 16.9 Å². The largest absolute Gasteiger partial charge is 0.232 e. The first-order valence-electron chi connectivity index (χ1n) is 16.3. The third kappa shape index (κ3) is 5.43. The van der Waals surface area contributed by atoms with Gasteiger partial charge >= 0.3 is 0 Å². The van der Waals surface area contributed by atoms with E-state index in [1.54, 1.807) is 0 Å². The highest BCUT2D eigenvalue weighted by Gasteiger charge is 2.15. The first-order valence-corrected chi connectivity index (χ1v) is 16.3. The zero-order chi connectivity index (χ0) is 32.6. The van der Waals surface area contributed by atoms with Gasteiger partial charge in [0, 0.05) is 33.2 Å². The molecular formula is C44H29N5. The fourth-order valence-corrected chi connectivity index (χ4v) is 6.36. The Morgan fingerprint density at radius 1 is 0.347 bits per heavy atom. The lowest BCUT2D eigenvalue weighted by atomic mass is 9.98. The average Bonchev–Trinajstić information content (AvgIpc) is 3.65. The molecule has 9 aromatic rings. The Kier molecular flexibility index (Phi) is 7.06. The van der Waals surface area contributed by atoms with E-state index in [-0.39, 0.29) is 0 Å². The number of pyridine rings is 1. The van der Waals surface area contributed by atoms with E-state index >= 15 is 0 Å². The Balaban J connectivity index is 1.14. The molecule has 0 saturated carbocycles.